The molecular formula is C20H15NO3. The van der Waals surface area contributed by atoms with Gasteiger partial charge in [-0.15, -0.1) is 0 Å². The summed E-state index contributed by atoms with van der Waals surface area (Å²) in [5.41, 5.74) is 1.17. The Hall–Kier alpha value is -3.01. The van der Waals surface area contributed by atoms with Crippen molar-refractivity contribution in [1.29, 1.82) is 0 Å². The van der Waals surface area contributed by atoms with Gasteiger partial charge in [0.1, 0.15) is 5.41 Å². The maximum atomic E-state index is 13.3. The zero-order chi connectivity index (χ0) is 16.9. The van der Waals surface area contributed by atoms with Crippen molar-refractivity contribution in [3.8, 4) is 0 Å². The summed E-state index contributed by atoms with van der Waals surface area (Å²) in [5.74, 6) is -0.710. The fourth-order valence-corrected chi connectivity index (χ4v) is 3.71. The van der Waals surface area contributed by atoms with Crippen LogP contribution in [-0.2, 0) is 10.2 Å². The molecular weight excluding hydrogens is 302 g/mol. The minimum Gasteiger partial charge on any atom is -0.289 e. The summed E-state index contributed by atoms with van der Waals surface area (Å²) in [4.78, 5) is 39.5. The second-order valence-electron chi connectivity index (χ2n) is 5.95. The SMILES string of the molecule is CCN1C(=O)c2ccccc2C2(C=CC(=O)c3ccccc32)C1=O. The first-order valence-electron chi connectivity index (χ1n) is 7.90. The second kappa shape index (κ2) is 4.99. The van der Waals surface area contributed by atoms with Crippen molar-refractivity contribution in [3.05, 3.63) is 82.9 Å². The van der Waals surface area contributed by atoms with Gasteiger partial charge >= 0.3 is 0 Å². The molecule has 1 unspecified atom stereocenters. The van der Waals surface area contributed by atoms with Gasteiger partial charge in [0.25, 0.3) is 5.91 Å². The first-order valence-corrected chi connectivity index (χ1v) is 7.90. The van der Waals surface area contributed by atoms with Crippen molar-refractivity contribution in [2.24, 2.45) is 0 Å². The van der Waals surface area contributed by atoms with E-state index in [1.165, 1.54) is 11.0 Å². The van der Waals surface area contributed by atoms with Crippen LogP contribution in [0.5, 0.6) is 0 Å². The van der Waals surface area contributed by atoms with Gasteiger partial charge in [-0.1, -0.05) is 48.5 Å². The largest absolute Gasteiger partial charge is 0.289 e. The average Bonchev–Trinajstić information content (AvgIpc) is 2.62. The Balaban J connectivity index is 2.12. The molecule has 0 aromatic heterocycles. The molecule has 2 aromatic rings. The van der Waals surface area contributed by atoms with E-state index in [1.807, 2.05) is 12.1 Å². The molecule has 2 aromatic carbocycles. The van der Waals surface area contributed by atoms with E-state index < -0.39 is 5.41 Å². The quantitative estimate of drug-likeness (QED) is 0.760. The third kappa shape index (κ3) is 1.65. The van der Waals surface area contributed by atoms with Crippen LogP contribution >= 0.6 is 0 Å². The van der Waals surface area contributed by atoms with Crippen molar-refractivity contribution in [3.63, 3.8) is 0 Å². The first kappa shape index (κ1) is 14.6. The van der Waals surface area contributed by atoms with E-state index in [0.29, 0.717) is 22.3 Å². The van der Waals surface area contributed by atoms with Crippen molar-refractivity contribution in [2.75, 3.05) is 6.54 Å². The minimum absolute atomic E-state index is 0.124. The summed E-state index contributed by atoms with van der Waals surface area (Å²) in [6, 6.07) is 14.3. The van der Waals surface area contributed by atoms with Crippen LogP contribution in [-0.4, -0.2) is 29.0 Å². The highest BCUT2D eigenvalue weighted by molar-refractivity contribution is 6.19. The number of fused-ring (bicyclic) bond motifs is 4. The lowest BCUT2D eigenvalue weighted by atomic mass is 9.65. The van der Waals surface area contributed by atoms with Gasteiger partial charge in [-0.05, 0) is 30.2 Å². The smallest absolute Gasteiger partial charge is 0.260 e. The zero-order valence-electron chi connectivity index (χ0n) is 13.2. The molecule has 118 valence electrons. The Labute approximate surface area is 139 Å². The Morgan fingerprint density at radius 1 is 0.875 bits per heavy atom. The highest BCUT2D eigenvalue weighted by Gasteiger charge is 2.52. The van der Waals surface area contributed by atoms with Crippen LogP contribution in [0, 0.1) is 0 Å². The first-order chi connectivity index (χ1) is 11.6. The number of likely N-dealkylation sites (N-methyl/N-ethyl adjacent to an activating group) is 1. The maximum Gasteiger partial charge on any atom is 0.260 e. The Bertz CT molecular complexity index is 928. The number of imide groups is 1. The molecule has 1 spiro atoms. The van der Waals surface area contributed by atoms with Gasteiger partial charge < -0.3 is 0 Å². The van der Waals surface area contributed by atoms with Crippen LogP contribution in [0.4, 0.5) is 0 Å². The van der Waals surface area contributed by atoms with Crippen LogP contribution in [0.1, 0.15) is 38.8 Å². The molecule has 0 saturated carbocycles. The van der Waals surface area contributed by atoms with Gasteiger partial charge in [-0.2, -0.15) is 0 Å². The number of nitrogens with zero attached hydrogens (tertiary/aromatic N) is 1. The van der Waals surface area contributed by atoms with Crippen LogP contribution < -0.4 is 0 Å². The fraction of sp³-hybridized carbons (Fsp3) is 0.150. The molecule has 2 amide bonds. The molecule has 1 aliphatic carbocycles. The zero-order valence-corrected chi connectivity index (χ0v) is 13.2. The standard InChI is InChI=1S/C20H15NO3/c1-2-21-18(23)14-8-4-6-10-16(14)20(19(21)24)12-11-17(22)13-7-3-5-9-15(13)20/h3-12H,2H2,1H3. The van der Waals surface area contributed by atoms with E-state index in [0.717, 1.165) is 0 Å². The van der Waals surface area contributed by atoms with Crippen LogP contribution in [0.3, 0.4) is 0 Å². The van der Waals surface area contributed by atoms with E-state index in [1.54, 1.807) is 49.4 Å². The predicted octanol–water partition coefficient (Wildman–Crippen LogP) is 2.73. The van der Waals surface area contributed by atoms with Crippen molar-refractivity contribution < 1.29 is 14.4 Å². The number of ketones is 1. The number of hydrogen-bond donors (Lipinski definition) is 0. The average molecular weight is 317 g/mol. The van der Waals surface area contributed by atoms with Gasteiger partial charge in [0.05, 0.1) is 0 Å². The molecule has 1 atom stereocenters. The molecule has 4 nitrogen and oxygen atoms in total. The highest BCUT2D eigenvalue weighted by Crippen LogP contribution is 2.44. The maximum absolute atomic E-state index is 13.3. The Morgan fingerprint density at radius 3 is 2.12 bits per heavy atom. The molecule has 0 radical (unpaired) electrons. The van der Waals surface area contributed by atoms with E-state index in [9.17, 15) is 14.4 Å². The number of hydrogen-bond acceptors (Lipinski definition) is 3. The number of benzene rings is 2. The minimum atomic E-state index is -1.12. The van der Waals surface area contributed by atoms with Gasteiger partial charge in [0.2, 0.25) is 5.91 Å². The van der Waals surface area contributed by atoms with Crippen LogP contribution in [0.15, 0.2) is 60.7 Å². The Kier molecular flexibility index (Phi) is 3.03. The molecule has 1 aliphatic heterocycles. The summed E-state index contributed by atoms with van der Waals surface area (Å²) in [6.45, 7) is 2.07. The van der Waals surface area contributed by atoms with Gasteiger partial charge in [0.15, 0.2) is 5.78 Å². The van der Waals surface area contributed by atoms with Gasteiger partial charge in [-0.25, -0.2) is 0 Å². The molecule has 1 heterocycles. The monoisotopic (exact) mass is 317 g/mol. The topological polar surface area (TPSA) is 54.5 Å². The van der Waals surface area contributed by atoms with Crippen molar-refractivity contribution in [2.45, 2.75) is 12.3 Å². The summed E-state index contributed by atoms with van der Waals surface area (Å²) >= 11 is 0. The van der Waals surface area contributed by atoms with Crippen LogP contribution in [0.25, 0.3) is 0 Å². The molecule has 0 saturated heterocycles. The number of allylic oxidation sites excluding steroid dienone is 1. The van der Waals surface area contributed by atoms with E-state index in [4.69, 9.17) is 0 Å². The summed E-state index contributed by atoms with van der Waals surface area (Å²) < 4.78 is 0. The molecule has 4 rings (SSSR count). The van der Waals surface area contributed by atoms with Gasteiger partial charge in [0, 0.05) is 17.7 Å². The highest BCUT2D eigenvalue weighted by atomic mass is 16.2. The van der Waals surface area contributed by atoms with E-state index >= 15 is 0 Å². The lowest BCUT2D eigenvalue weighted by Gasteiger charge is -2.42. The molecule has 0 N–H and O–H groups in total. The normalized spacial score (nSPS) is 21.9. The van der Waals surface area contributed by atoms with Crippen molar-refractivity contribution >= 4 is 17.6 Å². The van der Waals surface area contributed by atoms with Crippen LogP contribution in [0.2, 0.25) is 0 Å². The number of amides is 2. The lowest BCUT2D eigenvalue weighted by Crippen LogP contribution is -2.55. The summed E-state index contributed by atoms with van der Waals surface area (Å²) in [7, 11) is 0. The third-order valence-electron chi connectivity index (χ3n) is 4.83. The Morgan fingerprint density at radius 2 is 1.46 bits per heavy atom. The van der Waals surface area contributed by atoms with E-state index in [-0.39, 0.29) is 24.1 Å². The predicted molar refractivity (Wildman–Crippen MR) is 88.9 cm³/mol. The molecule has 2 aliphatic rings. The molecule has 0 fully saturated rings. The number of carbonyl (C=O) groups excluding carboxylic acids is 3. The van der Waals surface area contributed by atoms with Crippen molar-refractivity contribution in [1.82, 2.24) is 4.90 Å². The number of rotatable bonds is 1. The number of carbonyl (C=O) groups is 3. The molecule has 4 heteroatoms. The fourth-order valence-electron chi connectivity index (χ4n) is 3.71. The summed E-state index contributed by atoms with van der Waals surface area (Å²) in [6.07, 6.45) is 3.09. The molecule has 24 heavy (non-hydrogen) atoms. The lowest BCUT2D eigenvalue weighted by molar-refractivity contribution is -0.132. The summed E-state index contributed by atoms with van der Waals surface area (Å²) in [5, 5.41) is 0. The second-order valence-corrected chi connectivity index (χ2v) is 5.95. The van der Waals surface area contributed by atoms with E-state index in [2.05, 4.69) is 0 Å². The third-order valence-corrected chi connectivity index (χ3v) is 4.83. The van der Waals surface area contributed by atoms with Gasteiger partial charge in [-0.3, -0.25) is 19.3 Å². The molecule has 0 bridgehead atoms.